The number of rotatable bonds is 8. The highest BCUT2D eigenvalue weighted by Gasteiger charge is 2.15. The molecule has 0 bridgehead atoms. The van der Waals surface area contributed by atoms with Crippen molar-refractivity contribution in [1.29, 1.82) is 0 Å². The number of halogens is 3. The second kappa shape index (κ2) is 11.0. The number of hydrogen-bond acceptors (Lipinski definition) is 4. The first-order valence-corrected chi connectivity index (χ1v) is 13.6. The quantitative estimate of drug-likeness (QED) is 0.189. The lowest BCUT2D eigenvalue weighted by atomic mass is 10.1. The molecule has 0 aliphatic carbocycles. The van der Waals surface area contributed by atoms with Gasteiger partial charge < -0.3 is 9.30 Å². The Balaban J connectivity index is 1.23. The zero-order chi connectivity index (χ0) is 26.8. The summed E-state index contributed by atoms with van der Waals surface area (Å²) in [6, 6.07) is 26.8. The lowest BCUT2D eigenvalue weighted by Crippen LogP contribution is -2.06. The molecule has 4 nitrogen and oxygen atoms in total. The molecule has 0 amide bonds. The Labute approximate surface area is 233 Å². The third-order valence-corrected chi connectivity index (χ3v) is 7.54. The molecule has 6 rings (SSSR count). The summed E-state index contributed by atoms with van der Waals surface area (Å²) < 4.78 is 37.3. The van der Waals surface area contributed by atoms with Crippen LogP contribution in [-0.4, -0.2) is 14.5 Å². The van der Waals surface area contributed by atoms with Crippen LogP contribution in [0.1, 0.15) is 21.8 Å². The van der Waals surface area contributed by atoms with Gasteiger partial charge in [0.25, 0.3) is 0 Å². The molecule has 3 heterocycles. The Bertz CT molecular complexity index is 1770. The smallest absolute Gasteiger partial charge is 0.214 e. The minimum atomic E-state index is -0.444. The molecule has 39 heavy (non-hydrogen) atoms. The van der Waals surface area contributed by atoms with Gasteiger partial charge in [0.1, 0.15) is 24.1 Å². The Hall–Kier alpha value is -4.07. The fourth-order valence-electron chi connectivity index (χ4n) is 4.46. The molecule has 194 valence electrons. The summed E-state index contributed by atoms with van der Waals surface area (Å²) in [7, 11) is 0. The van der Waals surface area contributed by atoms with Gasteiger partial charge in [-0.2, -0.15) is 0 Å². The van der Waals surface area contributed by atoms with E-state index in [1.807, 2.05) is 36.4 Å². The van der Waals surface area contributed by atoms with Crippen molar-refractivity contribution < 1.29 is 13.5 Å². The van der Waals surface area contributed by atoms with Crippen molar-refractivity contribution in [3.63, 3.8) is 0 Å². The first kappa shape index (κ1) is 25.2. The molecule has 6 aromatic rings. The average molecular weight is 558 g/mol. The molecule has 0 unspecified atom stereocenters. The van der Waals surface area contributed by atoms with Crippen LogP contribution in [0.3, 0.4) is 0 Å². The number of ether oxygens (including phenoxy) is 1. The van der Waals surface area contributed by atoms with Gasteiger partial charge in [0.15, 0.2) is 0 Å². The minimum absolute atomic E-state index is 0.000767. The van der Waals surface area contributed by atoms with Crippen LogP contribution in [0, 0.1) is 11.6 Å². The zero-order valence-electron chi connectivity index (χ0n) is 20.7. The third-order valence-electron chi connectivity index (χ3n) is 6.44. The predicted octanol–water partition coefficient (Wildman–Crippen LogP) is 8.31. The van der Waals surface area contributed by atoms with Gasteiger partial charge in [-0.1, -0.05) is 54.1 Å². The Kier molecular flexibility index (Phi) is 7.09. The van der Waals surface area contributed by atoms with Crippen molar-refractivity contribution in [3.05, 3.63) is 135 Å². The normalized spacial score (nSPS) is 11.3. The summed E-state index contributed by atoms with van der Waals surface area (Å²) in [4.78, 5) is 10.5. The van der Waals surface area contributed by atoms with Crippen molar-refractivity contribution in [2.45, 2.75) is 19.6 Å². The number of nitrogens with zero attached hydrogens (tertiary/aromatic N) is 3. The van der Waals surface area contributed by atoms with Crippen molar-refractivity contribution in [1.82, 2.24) is 14.5 Å². The molecule has 0 N–H and O–H groups in total. The molecule has 0 radical (unpaired) electrons. The zero-order valence-corrected chi connectivity index (χ0v) is 22.2. The van der Waals surface area contributed by atoms with E-state index in [-0.39, 0.29) is 12.4 Å². The number of aromatic nitrogens is 3. The van der Waals surface area contributed by atoms with Crippen LogP contribution in [0.5, 0.6) is 5.88 Å². The second-order valence-corrected chi connectivity index (χ2v) is 10.5. The van der Waals surface area contributed by atoms with Crippen molar-refractivity contribution >= 4 is 34.0 Å². The molecule has 0 saturated carbocycles. The van der Waals surface area contributed by atoms with Crippen LogP contribution in [0.25, 0.3) is 22.3 Å². The summed E-state index contributed by atoms with van der Waals surface area (Å²) in [5, 5.41) is 2.37. The van der Waals surface area contributed by atoms with E-state index in [9.17, 15) is 4.39 Å². The van der Waals surface area contributed by atoms with E-state index in [1.165, 1.54) is 17.0 Å². The standard InChI is InChI=1S/C31H22ClF2N3OS/c32-23-13-12-22(26(34)17-23)19-38-31-9-3-7-27(36-31)21-11-10-20(25(33)15-21)16-30-35-28-6-1-2-8-29(28)37(30)18-24-5-4-14-39-24/h1-15,17H,16,18-19H2. The van der Waals surface area contributed by atoms with Gasteiger partial charge in [-0.15, -0.1) is 11.3 Å². The molecule has 3 aromatic carbocycles. The van der Waals surface area contributed by atoms with E-state index in [1.54, 1.807) is 47.7 Å². The van der Waals surface area contributed by atoms with E-state index in [2.05, 4.69) is 21.0 Å². The van der Waals surface area contributed by atoms with Gasteiger partial charge in [0.05, 0.1) is 23.3 Å². The highest BCUT2D eigenvalue weighted by molar-refractivity contribution is 7.09. The van der Waals surface area contributed by atoms with Gasteiger partial charge in [0.2, 0.25) is 5.88 Å². The highest BCUT2D eigenvalue weighted by atomic mass is 35.5. The lowest BCUT2D eigenvalue weighted by molar-refractivity contribution is 0.288. The number of imidazole rings is 1. The average Bonchev–Trinajstić information content (AvgIpc) is 3.58. The third kappa shape index (κ3) is 5.55. The topological polar surface area (TPSA) is 39.9 Å². The Morgan fingerprint density at radius 3 is 2.49 bits per heavy atom. The van der Waals surface area contributed by atoms with E-state index < -0.39 is 5.82 Å². The van der Waals surface area contributed by atoms with Crippen molar-refractivity contribution in [3.8, 4) is 17.1 Å². The monoisotopic (exact) mass is 557 g/mol. The molecule has 0 fully saturated rings. The number of thiophene rings is 1. The number of fused-ring (bicyclic) bond motifs is 1. The SMILES string of the molecule is Fc1cc(Cl)ccc1COc1cccc(-c2ccc(Cc3nc4ccccc4n3Cc3cccs3)c(F)c2)n1. The van der Waals surface area contributed by atoms with Crippen molar-refractivity contribution in [2.75, 3.05) is 0 Å². The number of para-hydroxylation sites is 2. The van der Waals surface area contributed by atoms with Gasteiger partial charge in [0, 0.05) is 33.5 Å². The molecule has 8 heteroatoms. The molecular weight excluding hydrogens is 536 g/mol. The molecule has 0 spiro atoms. The first-order valence-electron chi connectivity index (χ1n) is 12.3. The molecule has 3 aromatic heterocycles. The fourth-order valence-corrected chi connectivity index (χ4v) is 5.31. The van der Waals surface area contributed by atoms with E-state index >= 15 is 4.39 Å². The molecule has 0 saturated heterocycles. The summed E-state index contributed by atoms with van der Waals surface area (Å²) in [6.45, 7) is 0.684. The van der Waals surface area contributed by atoms with Crippen LogP contribution in [-0.2, 0) is 19.6 Å². The largest absolute Gasteiger partial charge is 0.473 e. The van der Waals surface area contributed by atoms with Gasteiger partial charge >= 0.3 is 0 Å². The molecule has 0 aliphatic rings. The molecule has 0 atom stereocenters. The Morgan fingerprint density at radius 2 is 1.67 bits per heavy atom. The van der Waals surface area contributed by atoms with Crippen LogP contribution in [0.4, 0.5) is 8.78 Å². The number of benzene rings is 3. The van der Waals surface area contributed by atoms with Crippen LogP contribution >= 0.6 is 22.9 Å². The summed E-state index contributed by atoms with van der Waals surface area (Å²) >= 11 is 7.51. The highest BCUT2D eigenvalue weighted by Crippen LogP contribution is 2.26. The van der Waals surface area contributed by atoms with Gasteiger partial charge in [-0.05, 0) is 53.4 Å². The molecular formula is C31H22ClF2N3OS. The number of pyridine rings is 1. The van der Waals surface area contributed by atoms with E-state index in [0.717, 1.165) is 16.9 Å². The van der Waals surface area contributed by atoms with Crippen LogP contribution < -0.4 is 4.74 Å². The summed E-state index contributed by atoms with van der Waals surface area (Å²) in [6.07, 6.45) is 0.357. The minimum Gasteiger partial charge on any atom is -0.473 e. The van der Waals surface area contributed by atoms with Crippen LogP contribution in [0.15, 0.2) is 96.4 Å². The van der Waals surface area contributed by atoms with E-state index in [4.69, 9.17) is 21.3 Å². The van der Waals surface area contributed by atoms with Crippen LogP contribution in [0.2, 0.25) is 5.02 Å². The maximum absolute atomic E-state index is 15.4. The maximum Gasteiger partial charge on any atom is 0.214 e. The maximum atomic E-state index is 15.4. The van der Waals surface area contributed by atoms with Crippen molar-refractivity contribution in [2.24, 2.45) is 0 Å². The lowest BCUT2D eigenvalue weighted by Gasteiger charge is -2.11. The Morgan fingerprint density at radius 1 is 0.821 bits per heavy atom. The second-order valence-electron chi connectivity index (χ2n) is 9.05. The van der Waals surface area contributed by atoms with Gasteiger partial charge in [-0.3, -0.25) is 0 Å². The molecule has 0 aliphatic heterocycles. The summed E-state index contributed by atoms with van der Waals surface area (Å²) in [5.41, 5.74) is 4.00. The van der Waals surface area contributed by atoms with Gasteiger partial charge in [-0.25, -0.2) is 18.7 Å². The fraction of sp³-hybridized carbons (Fsp3) is 0.0968. The summed E-state index contributed by atoms with van der Waals surface area (Å²) in [5.74, 6) is 0.339. The first-order chi connectivity index (χ1) is 19.0. The predicted molar refractivity (Wildman–Crippen MR) is 151 cm³/mol. The number of hydrogen-bond donors (Lipinski definition) is 0. The van der Waals surface area contributed by atoms with E-state index in [0.29, 0.717) is 46.3 Å².